The number of rotatable bonds is 7. The molecule has 0 radical (unpaired) electrons. The molecule has 1 saturated carbocycles. The number of amides is 2. The molecule has 35 heavy (non-hydrogen) atoms. The maximum Gasteiger partial charge on any atom is 0.339 e. The number of benzene rings is 2. The lowest BCUT2D eigenvalue weighted by molar-refractivity contribution is -0.122. The number of ether oxygens (including phenoxy) is 1. The van der Waals surface area contributed by atoms with E-state index in [1.165, 1.54) is 31.0 Å². The van der Waals surface area contributed by atoms with Crippen LogP contribution in [-0.4, -0.2) is 42.2 Å². The number of fused-ring (bicyclic) bond motifs is 1. The van der Waals surface area contributed by atoms with Crippen molar-refractivity contribution in [2.45, 2.75) is 75.3 Å². The normalized spacial score (nSPS) is 18.3. The fourth-order valence-corrected chi connectivity index (χ4v) is 5.85. The Balaban J connectivity index is 1.30. The molecule has 1 aliphatic carbocycles. The number of nitrogens with one attached hydrogen (secondary N) is 1. The van der Waals surface area contributed by atoms with E-state index in [0.717, 1.165) is 43.4 Å². The van der Waals surface area contributed by atoms with Crippen LogP contribution in [0.4, 0.5) is 5.69 Å². The summed E-state index contributed by atoms with van der Waals surface area (Å²) in [6.07, 6.45) is 8.95. The van der Waals surface area contributed by atoms with Crippen LogP contribution < -0.4 is 10.2 Å². The van der Waals surface area contributed by atoms with Crippen LogP contribution >= 0.6 is 11.8 Å². The van der Waals surface area contributed by atoms with E-state index in [4.69, 9.17) is 4.74 Å². The van der Waals surface area contributed by atoms with Crippen molar-refractivity contribution in [1.82, 2.24) is 5.32 Å². The van der Waals surface area contributed by atoms with E-state index in [1.807, 2.05) is 43.3 Å². The summed E-state index contributed by atoms with van der Waals surface area (Å²) >= 11 is 1.32. The molecule has 0 aromatic heterocycles. The largest absolute Gasteiger partial charge is 0.452 e. The maximum atomic E-state index is 12.9. The highest BCUT2D eigenvalue weighted by Gasteiger charge is 2.31. The number of hydrogen-bond donors (Lipinski definition) is 1. The fraction of sp³-hybridized carbons (Fsp3) is 0.464. The zero-order valence-corrected chi connectivity index (χ0v) is 21.1. The molecule has 2 aromatic carbocycles. The molecule has 2 aliphatic rings. The zero-order chi connectivity index (χ0) is 24.6. The minimum atomic E-state index is -0.554. The van der Waals surface area contributed by atoms with Crippen molar-refractivity contribution < 1.29 is 19.1 Å². The summed E-state index contributed by atoms with van der Waals surface area (Å²) in [5, 5.41) is 3.16. The second kappa shape index (κ2) is 12.2. The molecule has 2 aromatic rings. The molecule has 6 nitrogen and oxygen atoms in total. The molecule has 1 unspecified atom stereocenters. The maximum absolute atomic E-state index is 12.9. The van der Waals surface area contributed by atoms with Crippen molar-refractivity contribution in [3.63, 3.8) is 0 Å². The number of para-hydroxylation sites is 1. The topological polar surface area (TPSA) is 75.7 Å². The molecule has 7 heteroatoms. The number of nitrogens with zero attached hydrogens (tertiary/aromatic N) is 1. The minimum Gasteiger partial charge on any atom is -0.452 e. The molecule has 1 N–H and O–H groups in total. The fourth-order valence-electron chi connectivity index (χ4n) is 4.99. The second-order valence-corrected chi connectivity index (χ2v) is 10.4. The van der Waals surface area contributed by atoms with E-state index in [1.54, 1.807) is 17.0 Å². The molecule has 0 saturated heterocycles. The Morgan fingerprint density at radius 3 is 2.46 bits per heavy atom. The van der Waals surface area contributed by atoms with Crippen LogP contribution in [0.25, 0.3) is 0 Å². The van der Waals surface area contributed by atoms with Crippen LogP contribution in [-0.2, 0) is 20.7 Å². The lowest BCUT2D eigenvalue weighted by Gasteiger charge is -2.22. The predicted molar refractivity (Wildman–Crippen MR) is 139 cm³/mol. The second-order valence-electron chi connectivity index (χ2n) is 9.42. The van der Waals surface area contributed by atoms with Gasteiger partial charge < -0.3 is 15.0 Å². The Kier molecular flexibility index (Phi) is 8.85. The Morgan fingerprint density at radius 1 is 0.971 bits per heavy atom. The van der Waals surface area contributed by atoms with Gasteiger partial charge in [-0.15, -0.1) is 11.8 Å². The third kappa shape index (κ3) is 6.66. The SMILES string of the molecule is CC1Cc2ccccc2N1C(=O)COC(=O)c1ccccc1SCC(=O)NC1CCCCCCC1. The molecule has 0 bridgehead atoms. The molecule has 0 spiro atoms. The van der Waals surface area contributed by atoms with Gasteiger partial charge in [0, 0.05) is 22.7 Å². The first-order chi connectivity index (χ1) is 17.0. The van der Waals surface area contributed by atoms with E-state index in [-0.39, 0.29) is 36.3 Å². The van der Waals surface area contributed by atoms with Crippen LogP contribution in [0.3, 0.4) is 0 Å². The van der Waals surface area contributed by atoms with Crippen molar-refractivity contribution in [1.29, 1.82) is 0 Å². The first kappa shape index (κ1) is 25.3. The van der Waals surface area contributed by atoms with E-state index in [0.29, 0.717) is 10.5 Å². The van der Waals surface area contributed by atoms with Gasteiger partial charge in [-0.1, -0.05) is 62.4 Å². The summed E-state index contributed by atoms with van der Waals surface area (Å²) in [4.78, 5) is 40.7. The number of carbonyl (C=O) groups excluding carboxylic acids is 3. The smallest absolute Gasteiger partial charge is 0.339 e. The number of esters is 1. The van der Waals surface area contributed by atoms with Gasteiger partial charge in [0.05, 0.1) is 11.3 Å². The minimum absolute atomic E-state index is 0.0133. The van der Waals surface area contributed by atoms with Crippen molar-refractivity contribution in [2.24, 2.45) is 0 Å². The lowest BCUT2D eigenvalue weighted by Crippen LogP contribution is -2.38. The van der Waals surface area contributed by atoms with Crippen LogP contribution in [0.15, 0.2) is 53.4 Å². The molecule has 1 fully saturated rings. The highest BCUT2D eigenvalue weighted by Crippen LogP contribution is 2.32. The van der Waals surface area contributed by atoms with Gasteiger partial charge in [-0.05, 0) is 49.9 Å². The molecule has 4 rings (SSSR count). The van der Waals surface area contributed by atoms with Gasteiger partial charge in [-0.25, -0.2) is 4.79 Å². The van der Waals surface area contributed by atoms with Crippen LogP contribution in [0, 0.1) is 0 Å². The Hall–Kier alpha value is -2.80. The average molecular weight is 495 g/mol. The van der Waals surface area contributed by atoms with Gasteiger partial charge in [-0.2, -0.15) is 0 Å². The zero-order valence-electron chi connectivity index (χ0n) is 20.3. The molecule has 186 valence electrons. The summed E-state index contributed by atoms with van der Waals surface area (Å²) in [5.41, 5.74) is 2.38. The molecule has 1 aliphatic heterocycles. The van der Waals surface area contributed by atoms with E-state index >= 15 is 0 Å². The summed E-state index contributed by atoms with van der Waals surface area (Å²) < 4.78 is 5.42. The van der Waals surface area contributed by atoms with Crippen molar-refractivity contribution in [2.75, 3.05) is 17.3 Å². The summed E-state index contributed by atoms with van der Waals surface area (Å²) in [6, 6.07) is 15.2. The highest BCUT2D eigenvalue weighted by atomic mass is 32.2. The molecule has 2 amide bonds. The van der Waals surface area contributed by atoms with Gasteiger partial charge in [0.25, 0.3) is 5.91 Å². The average Bonchev–Trinajstić information content (AvgIpc) is 3.18. The van der Waals surface area contributed by atoms with Crippen molar-refractivity contribution in [3.05, 3.63) is 59.7 Å². The summed E-state index contributed by atoms with van der Waals surface area (Å²) in [6.45, 7) is 1.67. The van der Waals surface area contributed by atoms with E-state index < -0.39 is 5.97 Å². The number of thioether (sulfide) groups is 1. The van der Waals surface area contributed by atoms with Crippen LogP contribution in [0.1, 0.15) is 67.8 Å². The number of hydrogen-bond acceptors (Lipinski definition) is 5. The monoisotopic (exact) mass is 494 g/mol. The van der Waals surface area contributed by atoms with Gasteiger partial charge in [-0.3, -0.25) is 9.59 Å². The number of carbonyl (C=O) groups is 3. The quantitative estimate of drug-likeness (QED) is 0.426. The highest BCUT2D eigenvalue weighted by molar-refractivity contribution is 8.00. The lowest BCUT2D eigenvalue weighted by atomic mass is 9.97. The molecular formula is C28H34N2O4S. The summed E-state index contributed by atoms with van der Waals surface area (Å²) in [5.74, 6) is -0.566. The van der Waals surface area contributed by atoms with Crippen molar-refractivity contribution >= 4 is 35.2 Å². The van der Waals surface area contributed by atoms with Crippen molar-refractivity contribution in [3.8, 4) is 0 Å². The van der Waals surface area contributed by atoms with Gasteiger partial charge in [0.1, 0.15) is 0 Å². The molecule has 1 heterocycles. The standard InChI is InChI=1S/C28H34N2O4S/c1-20-17-21-11-7-9-15-24(21)30(20)27(32)18-34-28(33)23-14-8-10-16-25(23)35-19-26(31)29-22-12-5-3-2-4-6-13-22/h7-11,14-16,20,22H,2-6,12-13,17-19H2,1H3,(H,29,31). The van der Waals surface area contributed by atoms with E-state index in [2.05, 4.69) is 5.32 Å². The molecule has 1 atom stereocenters. The van der Waals surface area contributed by atoms with Crippen LogP contribution in [0.5, 0.6) is 0 Å². The van der Waals surface area contributed by atoms with Gasteiger partial charge in [0.15, 0.2) is 6.61 Å². The summed E-state index contributed by atoms with van der Waals surface area (Å²) in [7, 11) is 0. The third-order valence-corrected chi connectivity index (χ3v) is 7.81. The first-order valence-corrected chi connectivity index (χ1v) is 13.6. The Morgan fingerprint density at radius 2 is 1.66 bits per heavy atom. The van der Waals surface area contributed by atoms with Gasteiger partial charge in [0.2, 0.25) is 5.91 Å². The Bertz CT molecular complexity index is 1050. The Labute approximate surface area is 211 Å². The van der Waals surface area contributed by atoms with Crippen LogP contribution in [0.2, 0.25) is 0 Å². The molecular weight excluding hydrogens is 460 g/mol. The first-order valence-electron chi connectivity index (χ1n) is 12.6. The number of anilines is 1. The predicted octanol–water partition coefficient (Wildman–Crippen LogP) is 5.14. The third-order valence-electron chi connectivity index (χ3n) is 6.74. The van der Waals surface area contributed by atoms with E-state index in [9.17, 15) is 14.4 Å². The van der Waals surface area contributed by atoms with Gasteiger partial charge >= 0.3 is 5.97 Å².